The fraction of sp³-hybridized carbons (Fsp3) is 0.812. The zero-order valence-corrected chi connectivity index (χ0v) is 15.1. The van der Waals surface area contributed by atoms with E-state index < -0.39 is 0 Å². The van der Waals surface area contributed by atoms with Crippen molar-refractivity contribution >= 4 is 17.8 Å². The van der Waals surface area contributed by atoms with Gasteiger partial charge in [0, 0.05) is 38.6 Å². The highest BCUT2D eigenvalue weighted by Gasteiger charge is 2.36. The number of esters is 1. The molecule has 1 amide bonds. The summed E-state index contributed by atoms with van der Waals surface area (Å²) in [5, 5.41) is 6.11. The number of guanidine groups is 1. The standard InChI is InChI=1S/C16H30N4O3/c1-11-9-20(10-12(11)13(21)23-6)15(17-5)19-8-7-18-14(22)16(2,3)4/h11-12H,7-10H2,1-6H3,(H,17,19)(H,18,22). The van der Waals surface area contributed by atoms with Crippen LogP contribution in [0.2, 0.25) is 0 Å². The monoisotopic (exact) mass is 326 g/mol. The molecule has 0 aromatic carbocycles. The molecule has 0 saturated carbocycles. The number of ether oxygens (including phenoxy) is 1. The van der Waals surface area contributed by atoms with Crippen LogP contribution >= 0.6 is 0 Å². The van der Waals surface area contributed by atoms with Crippen LogP contribution in [0.1, 0.15) is 27.7 Å². The Bertz CT molecular complexity index is 457. The third-order valence-corrected chi connectivity index (χ3v) is 4.00. The normalized spacial score (nSPS) is 22.0. The summed E-state index contributed by atoms with van der Waals surface area (Å²) in [6, 6.07) is 0. The van der Waals surface area contributed by atoms with Gasteiger partial charge in [0.15, 0.2) is 5.96 Å². The minimum absolute atomic E-state index is 0.0230. The molecule has 0 spiro atoms. The van der Waals surface area contributed by atoms with Gasteiger partial charge in [-0.1, -0.05) is 27.7 Å². The van der Waals surface area contributed by atoms with E-state index in [0.29, 0.717) is 19.6 Å². The maximum atomic E-state index is 11.8. The Hall–Kier alpha value is -1.79. The summed E-state index contributed by atoms with van der Waals surface area (Å²) < 4.78 is 4.85. The van der Waals surface area contributed by atoms with E-state index in [0.717, 1.165) is 12.5 Å². The molecule has 1 aliphatic rings. The Morgan fingerprint density at radius 2 is 1.83 bits per heavy atom. The van der Waals surface area contributed by atoms with Crippen molar-refractivity contribution in [3.63, 3.8) is 0 Å². The third-order valence-electron chi connectivity index (χ3n) is 4.00. The van der Waals surface area contributed by atoms with Gasteiger partial charge in [-0.3, -0.25) is 14.6 Å². The summed E-state index contributed by atoms with van der Waals surface area (Å²) in [5.41, 5.74) is -0.389. The fourth-order valence-corrected chi connectivity index (χ4v) is 2.55. The molecule has 1 saturated heterocycles. The van der Waals surface area contributed by atoms with E-state index in [4.69, 9.17) is 4.74 Å². The molecule has 7 nitrogen and oxygen atoms in total. The van der Waals surface area contributed by atoms with E-state index in [1.165, 1.54) is 7.11 Å². The number of methoxy groups -OCH3 is 1. The molecule has 0 aromatic heterocycles. The van der Waals surface area contributed by atoms with Crippen molar-refractivity contribution in [2.75, 3.05) is 40.3 Å². The van der Waals surface area contributed by atoms with Gasteiger partial charge in [-0.25, -0.2) is 0 Å². The lowest BCUT2D eigenvalue weighted by Crippen LogP contribution is -2.45. The molecule has 1 rings (SSSR count). The van der Waals surface area contributed by atoms with Gasteiger partial charge in [-0.2, -0.15) is 0 Å². The minimum atomic E-state index is -0.389. The van der Waals surface area contributed by atoms with Crippen molar-refractivity contribution in [1.82, 2.24) is 15.5 Å². The molecule has 2 N–H and O–H groups in total. The number of hydrogen-bond donors (Lipinski definition) is 2. The Morgan fingerprint density at radius 3 is 2.35 bits per heavy atom. The van der Waals surface area contributed by atoms with Crippen LogP contribution < -0.4 is 10.6 Å². The number of rotatable bonds is 4. The predicted octanol–water partition coefficient (Wildman–Crippen LogP) is 0.465. The van der Waals surface area contributed by atoms with Crippen molar-refractivity contribution < 1.29 is 14.3 Å². The first-order valence-corrected chi connectivity index (χ1v) is 8.02. The SMILES string of the molecule is CN=C(NCCNC(=O)C(C)(C)C)N1CC(C)C(C(=O)OC)C1. The van der Waals surface area contributed by atoms with Crippen molar-refractivity contribution in [2.24, 2.45) is 22.2 Å². The van der Waals surface area contributed by atoms with Crippen LogP contribution in [0, 0.1) is 17.3 Å². The molecular formula is C16H30N4O3. The van der Waals surface area contributed by atoms with Crippen molar-refractivity contribution in [3.05, 3.63) is 0 Å². The summed E-state index contributed by atoms with van der Waals surface area (Å²) in [6.07, 6.45) is 0. The van der Waals surface area contributed by atoms with E-state index in [1.54, 1.807) is 7.05 Å². The van der Waals surface area contributed by atoms with Crippen LogP contribution in [0.3, 0.4) is 0 Å². The highest BCUT2D eigenvalue weighted by atomic mass is 16.5. The van der Waals surface area contributed by atoms with Crippen molar-refractivity contribution in [1.29, 1.82) is 0 Å². The average molecular weight is 326 g/mol. The summed E-state index contributed by atoms with van der Waals surface area (Å²) >= 11 is 0. The Morgan fingerprint density at radius 1 is 1.22 bits per heavy atom. The van der Waals surface area contributed by atoms with E-state index >= 15 is 0 Å². The number of aliphatic imine (C=N–C) groups is 1. The second kappa shape index (κ2) is 8.17. The molecule has 1 fully saturated rings. The summed E-state index contributed by atoms with van der Waals surface area (Å²) in [5.74, 6) is 0.691. The maximum absolute atomic E-state index is 11.8. The van der Waals surface area contributed by atoms with Crippen molar-refractivity contribution in [3.8, 4) is 0 Å². The number of amides is 1. The maximum Gasteiger partial charge on any atom is 0.310 e. The number of nitrogens with one attached hydrogen (secondary N) is 2. The number of carbonyl (C=O) groups is 2. The first-order valence-electron chi connectivity index (χ1n) is 8.02. The second-order valence-electron chi connectivity index (χ2n) is 6.99. The van der Waals surface area contributed by atoms with Gasteiger partial charge in [0.25, 0.3) is 0 Å². The molecule has 0 aliphatic carbocycles. The van der Waals surface area contributed by atoms with Gasteiger partial charge >= 0.3 is 5.97 Å². The van der Waals surface area contributed by atoms with Crippen LogP contribution in [0.25, 0.3) is 0 Å². The second-order valence-corrected chi connectivity index (χ2v) is 6.99. The van der Waals surface area contributed by atoms with Gasteiger partial charge in [0.2, 0.25) is 5.91 Å². The number of hydrogen-bond acceptors (Lipinski definition) is 4. The van der Waals surface area contributed by atoms with Gasteiger partial charge < -0.3 is 20.3 Å². The number of nitrogens with zero attached hydrogens (tertiary/aromatic N) is 2. The first kappa shape index (κ1) is 19.3. The zero-order chi connectivity index (χ0) is 17.6. The molecule has 0 radical (unpaired) electrons. The largest absolute Gasteiger partial charge is 0.469 e. The highest BCUT2D eigenvalue weighted by Crippen LogP contribution is 2.23. The number of carbonyl (C=O) groups excluding carboxylic acids is 2. The highest BCUT2D eigenvalue weighted by molar-refractivity contribution is 5.83. The van der Waals surface area contributed by atoms with Gasteiger partial charge in [-0.05, 0) is 5.92 Å². The van der Waals surface area contributed by atoms with Crippen molar-refractivity contribution in [2.45, 2.75) is 27.7 Å². The average Bonchev–Trinajstić information content (AvgIpc) is 2.87. The van der Waals surface area contributed by atoms with E-state index in [1.807, 2.05) is 27.7 Å². The topological polar surface area (TPSA) is 83.0 Å². The molecule has 2 atom stereocenters. The lowest BCUT2D eigenvalue weighted by Gasteiger charge is -2.22. The van der Waals surface area contributed by atoms with Gasteiger partial charge in [0.05, 0.1) is 13.0 Å². The lowest BCUT2D eigenvalue weighted by molar-refractivity contribution is -0.146. The third kappa shape index (κ3) is 5.41. The fourth-order valence-electron chi connectivity index (χ4n) is 2.55. The van der Waals surface area contributed by atoms with Gasteiger partial charge in [0.1, 0.15) is 0 Å². The Labute approximate surface area is 138 Å². The Kier molecular flexibility index (Phi) is 6.84. The van der Waals surface area contributed by atoms with Crippen LogP contribution in [0.15, 0.2) is 4.99 Å². The van der Waals surface area contributed by atoms with Crippen LogP contribution in [0.5, 0.6) is 0 Å². The van der Waals surface area contributed by atoms with Crippen LogP contribution in [0.4, 0.5) is 0 Å². The molecule has 1 aliphatic heterocycles. The molecule has 7 heteroatoms. The van der Waals surface area contributed by atoms with Crippen LogP contribution in [-0.2, 0) is 14.3 Å². The molecule has 0 aromatic rings. The number of likely N-dealkylation sites (tertiary alicyclic amines) is 1. The zero-order valence-electron chi connectivity index (χ0n) is 15.1. The molecule has 0 bridgehead atoms. The lowest BCUT2D eigenvalue weighted by atomic mass is 9.96. The molecule has 132 valence electrons. The molecule has 2 unspecified atom stereocenters. The summed E-state index contributed by atoms with van der Waals surface area (Å²) in [7, 11) is 3.13. The predicted molar refractivity (Wildman–Crippen MR) is 90.1 cm³/mol. The smallest absolute Gasteiger partial charge is 0.310 e. The first-order chi connectivity index (χ1) is 10.7. The van der Waals surface area contributed by atoms with Crippen LogP contribution in [-0.4, -0.2) is 63.1 Å². The summed E-state index contributed by atoms with van der Waals surface area (Å²) in [6.45, 7) is 10.2. The Balaban J connectivity index is 2.44. The molecular weight excluding hydrogens is 296 g/mol. The molecule has 23 heavy (non-hydrogen) atoms. The quantitative estimate of drug-likeness (QED) is 0.339. The van der Waals surface area contributed by atoms with E-state index in [-0.39, 0.29) is 29.1 Å². The van der Waals surface area contributed by atoms with E-state index in [2.05, 4.69) is 20.5 Å². The van der Waals surface area contributed by atoms with Gasteiger partial charge in [-0.15, -0.1) is 0 Å². The molecule has 1 heterocycles. The van der Waals surface area contributed by atoms with E-state index in [9.17, 15) is 9.59 Å². The minimum Gasteiger partial charge on any atom is -0.469 e. The summed E-state index contributed by atoms with van der Waals surface area (Å²) in [4.78, 5) is 29.9.